The predicted molar refractivity (Wildman–Crippen MR) is 101 cm³/mol. The van der Waals surface area contributed by atoms with Gasteiger partial charge in [-0.2, -0.15) is 0 Å². The molecular weight excluding hydrogens is 335 g/mol. The average molecular weight is 365 g/mol. The second kappa shape index (κ2) is 12.7. The molecule has 6 heteroatoms. The molecule has 0 radical (unpaired) electrons. The predicted octanol–water partition coefficient (Wildman–Crippen LogP) is 3.42. The van der Waals surface area contributed by atoms with Gasteiger partial charge in [-0.05, 0) is 69.9 Å². The van der Waals surface area contributed by atoms with Crippen molar-refractivity contribution in [3.8, 4) is 11.5 Å². The maximum Gasteiger partial charge on any atom is 0.161 e. The van der Waals surface area contributed by atoms with E-state index < -0.39 is 0 Å². The van der Waals surface area contributed by atoms with Crippen molar-refractivity contribution in [1.29, 1.82) is 0 Å². The van der Waals surface area contributed by atoms with Crippen LogP contribution in [0.5, 0.6) is 11.5 Å². The maximum atomic E-state index is 5.67. The van der Waals surface area contributed by atoms with Crippen LogP contribution in [0.15, 0.2) is 18.2 Å². The van der Waals surface area contributed by atoms with Gasteiger partial charge in [0.25, 0.3) is 0 Å². The topological polar surface area (TPSA) is 42.5 Å². The number of piperidine rings is 1. The number of halogens is 2. The molecule has 4 nitrogen and oxygen atoms in total. The Morgan fingerprint density at radius 3 is 2.35 bits per heavy atom. The van der Waals surface area contributed by atoms with Crippen LogP contribution in [-0.2, 0) is 6.54 Å². The second-order valence-corrected chi connectivity index (χ2v) is 5.47. The third kappa shape index (κ3) is 7.62. The lowest BCUT2D eigenvalue weighted by molar-refractivity contribution is 0.287. The molecule has 1 aromatic carbocycles. The van der Waals surface area contributed by atoms with Gasteiger partial charge in [0.15, 0.2) is 11.5 Å². The van der Waals surface area contributed by atoms with Crippen LogP contribution in [0.3, 0.4) is 0 Å². The molecule has 1 aliphatic rings. The minimum Gasteiger partial charge on any atom is -0.490 e. The number of benzene rings is 1. The molecule has 0 amide bonds. The number of nitrogens with one attached hydrogen (secondary N) is 2. The van der Waals surface area contributed by atoms with Gasteiger partial charge in [-0.3, -0.25) is 0 Å². The number of rotatable bonds is 8. The van der Waals surface area contributed by atoms with Crippen molar-refractivity contribution >= 4 is 24.8 Å². The number of hydrogen-bond donors (Lipinski definition) is 2. The summed E-state index contributed by atoms with van der Waals surface area (Å²) in [6, 6.07) is 6.21. The van der Waals surface area contributed by atoms with Crippen molar-refractivity contribution in [3.63, 3.8) is 0 Å². The smallest absolute Gasteiger partial charge is 0.161 e. The van der Waals surface area contributed by atoms with E-state index in [0.717, 1.165) is 43.6 Å². The van der Waals surface area contributed by atoms with E-state index in [4.69, 9.17) is 9.47 Å². The zero-order valence-corrected chi connectivity index (χ0v) is 15.7. The zero-order chi connectivity index (χ0) is 14.9. The highest BCUT2D eigenvalue weighted by atomic mass is 35.5. The van der Waals surface area contributed by atoms with E-state index in [-0.39, 0.29) is 24.8 Å². The Kier molecular flexibility index (Phi) is 12.3. The summed E-state index contributed by atoms with van der Waals surface area (Å²) in [6.45, 7) is 9.60. The highest BCUT2D eigenvalue weighted by molar-refractivity contribution is 5.85. The monoisotopic (exact) mass is 364 g/mol. The first-order chi connectivity index (χ1) is 10.3. The summed E-state index contributed by atoms with van der Waals surface area (Å²) in [5.41, 5.74) is 1.25. The summed E-state index contributed by atoms with van der Waals surface area (Å²) in [5, 5.41) is 6.97. The van der Waals surface area contributed by atoms with E-state index in [9.17, 15) is 0 Å². The summed E-state index contributed by atoms with van der Waals surface area (Å²) in [5.74, 6) is 2.49. The van der Waals surface area contributed by atoms with Gasteiger partial charge in [-0.25, -0.2) is 0 Å². The van der Waals surface area contributed by atoms with Crippen LogP contribution in [-0.4, -0.2) is 32.8 Å². The van der Waals surface area contributed by atoms with E-state index in [0.29, 0.717) is 13.2 Å². The van der Waals surface area contributed by atoms with Crippen LogP contribution < -0.4 is 20.1 Å². The van der Waals surface area contributed by atoms with Gasteiger partial charge < -0.3 is 20.1 Å². The van der Waals surface area contributed by atoms with E-state index in [1.54, 1.807) is 0 Å². The molecule has 0 aromatic heterocycles. The molecule has 1 saturated heterocycles. The molecule has 1 fully saturated rings. The second-order valence-electron chi connectivity index (χ2n) is 5.47. The summed E-state index contributed by atoms with van der Waals surface area (Å²) >= 11 is 0. The molecule has 134 valence electrons. The molecule has 0 bridgehead atoms. The minimum absolute atomic E-state index is 0. The molecule has 0 unspecified atom stereocenters. The molecule has 23 heavy (non-hydrogen) atoms. The van der Waals surface area contributed by atoms with E-state index in [1.165, 1.54) is 18.4 Å². The van der Waals surface area contributed by atoms with Crippen molar-refractivity contribution in [2.24, 2.45) is 5.92 Å². The number of hydrogen-bond acceptors (Lipinski definition) is 4. The first kappa shape index (κ1) is 22.3. The fourth-order valence-electron chi connectivity index (χ4n) is 2.71. The molecule has 0 saturated carbocycles. The first-order valence-electron chi connectivity index (χ1n) is 8.13. The Balaban J connectivity index is 0.00000242. The van der Waals surface area contributed by atoms with Gasteiger partial charge in [-0.15, -0.1) is 24.8 Å². The quantitative estimate of drug-likeness (QED) is 0.741. The first-order valence-corrected chi connectivity index (χ1v) is 8.13. The molecular formula is C17H30Cl2N2O2. The fraction of sp³-hybridized carbons (Fsp3) is 0.647. The molecule has 1 aromatic rings. The Morgan fingerprint density at radius 2 is 1.70 bits per heavy atom. The Hall–Kier alpha value is -0.680. The van der Waals surface area contributed by atoms with Crippen LogP contribution in [0, 0.1) is 5.92 Å². The lowest BCUT2D eigenvalue weighted by atomic mass is 9.98. The van der Waals surface area contributed by atoms with Crippen LogP contribution in [0.25, 0.3) is 0 Å². The van der Waals surface area contributed by atoms with Crippen molar-refractivity contribution in [2.75, 3.05) is 32.8 Å². The lowest BCUT2D eigenvalue weighted by Gasteiger charge is -2.23. The van der Waals surface area contributed by atoms with E-state index in [2.05, 4.69) is 22.8 Å². The van der Waals surface area contributed by atoms with Gasteiger partial charge in [0.05, 0.1) is 13.2 Å². The largest absolute Gasteiger partial charge is 0.490 e. The van der Waals surface area contributed by atoms with Gasteiger partial charge in [0.2, 0.25) is 0 Å². The van der Waals surface area contributed by atoms with Crippen molar-refractivity contribution in [3.05, 3.63) is 23.8 Å². The van der Waals surface area contributed by atoms with Crippen LogP contribution in [0.4, 0.5) is 0 Å². The van der Waals surface area contributed by atoms with Crippen molar-refractivity contribution < 1.29 is 9.47 Å². The van der Waals surface area contributed by atoms with Crippen LogP contribution in [0.2, 0.25) is 0 Å². The Bertz CT molecular complexity index is 427. The third-order valence-electron chi connectivity index (χ3n) is 3.83. The summed E-state index contributed by atoms with van der Waals surface area (Å²) in [4.78, 5) is 0. The molecule has 2 rings (SSSR count). The minimum atomic E-state index is 0. The zero-order valence-electron chi connectivity index (χ0n) is 14.1. The van der Waals surface area contributed by atoms with E-state index >= 15 is 0 Å². The highest BCUT2D eigenvalue weighted by Crippen LogP contribution is 2.28. The fourth-order valence-corrected chi connectivity index (χ4v) is 2.71. The lowest BCUT2D eigenvalue weighted by Crippen LogP contribution is -2.33. The van der Waals surface area contributed by atoms with Crippen LogP contribution >= 0.6 is 24.8 Å². The number of ether oxygens (including phenoxy) is 2. The highest BCUT2D eigenvalue weighted by Gasteiger charge is 2.12. The summed E-state index contributed by atoms with van der Waals surface area (Å²) < 4.78 is 11.3. The van der Waals surface area contributed by atoms with E-state index in [1.807, 2.05) is 19.9 Å². The standard InChI is InChI=1S/C17H28N2O2.2ClH/c1-3-20-16-6-5-15(11-17(16)21-4-2)13-19-12-14-7-9-18-10-8-14;;/h5-6,11,14,18-19H,3-4,7-10,12-13H2,1-2H3;2*1H. The van der Waals surface area contributed by atoms with Crippen molar-refractivity contribution in [1.82, 2.24) is 10.6 Å². The molecule has 0 spiro atoms. The molecule has 0 atom stereocenters. The van der Waals surface area contributed by atoms with Gasteiger partial charge in [-0.1, -0.05) is 6.07 Å². The summed E-state index contributed by atoms with van der Waals surface area (Å²) in [7, 11) is 0. The molecule has 2 N–H and O–H groups in total. The third-order valence-corrected chi connectivity index (χ3v) is 3.83. The normalized spacial score (nSPS) is 14.5. The summed E-state index contributed by atoms with van der Waals surface area (Å²) in [6.07, 6.45) is 2.56. The molecule has 1 aliphatic heterocycles. The Morgan fingerprint density at radius 1 is 1.04 bits per heavy atom. The molecule has 0 aliphatic carbocycles. The Labute approximate surface area is 152 Å². The van der Waals surface area contributed by atoms with Crippen LogP contribution in [0.1, 0.15) is 32.3 Å². The average Bonchev–Trinajstić information content (AvgIpc) is 2.51. The van der Waals surface area contributed by atoms with Gasteiger partial charge in [0, 0.05) is 6.54 Å². The SMILES string of the molecule is CCOc1ccc(CNCC2CCNCC2)cc1OCC.Cl.Cl. The van der Waals surface area contributed by atoms with Gasteiger partial charge in [0.1, 0.15) is 0 Å². The molecule has 1 heterocycles. The maximum absolute atomic E-state index is 5.67. The van der Waals surface area contributed by atoms with Gasteiger partial charge >= 0.3 is 0 Å². The van der Waals surface area contributed by atoms with Crippen molar-refractivity contribution in [2.45, 2.75) is 33.2 Å².